The van der Waals surface area contributed by atoms with Crippen LogP contribution in [0.25, 0.3) is 0 Å². The van der Waals surface area contributed by atoms with Gasteiger partial charge in [0.25, 0.3) is 0 Å². The molecular weight excluding hydrogens is 240 g/mol. The highest BCUT2D eigenvalue weighted by atomic mass is 16.2. The number of hydrogen-bond donors (Lipinski definition) is 2. The van der Waals surface area contributed by atoms with E-state index < -0.39 is 0 Å². The van der Waals surface area contributed by atoms with Gasteiger partial charge < -0.3 is 20.4 Å². The summed E-state index contributed by atoms with van der Waals surface area (Å²) in [4.78, 5) is 16.6. The van der Waals surface area contributed by atoms with E-state index in [2.05, 4.69) is 36.6 Å². The van der Waals surface area contributed by atoms with E-state index in [-0.39, 0.29) is 17.5 Å². The molecule has 5 nitrogen and oxygen atoms in total. The minimum Gasteiger partial charge on any atom is -0.343 e. The van der Waals surface area contributed by atoms with Crippen LogP contribution in [0.15, 0.2) is 0 Å². The van der Waals surface area contributed by atoms with Gasteiger partial charge in [0.1, 0.15) is 0 Å². The molecule has 1 aliphatic heterocycles. The van der Waals surface area contributed by atoms with Gasteiger partial charge in [0.15, 0.2) is 0 Å². The second-order valence-electron chi connectivity index (χ2n) is 6.44. The fourth-order valence-electron chi connectivity index (χ4n) is 3.07. The van der Waals surface area contributed by atoms with Crippen LogP contribution < -0.4 is 10.6 Å². The Morgan fingerprint density at radius 2 is 1.89 bits per heavy atom. The predicted octanol–water partition coefficient (Wildman–Crippen LogP) is -0.121. The maximum Gasteiger partial charge on any atom is 0.240 e. The normalized spacial score (nSPS) is 29.9. The van der Waals surface area contributed by atoms with Gasteiger partial charge in [-0.15, -0.1) is 0 Å². The first-order chi connectivity index (χ1) is 8.94. The average molecular weight is 268 g/mol. The van der Waals surface area contributed by atoms with Crippen LogP contribution in [0.3, 0.4) is 0 Å². The highest BCUT2D eigenvalue weighted by Gasteiger charge is 2.41. The number of amides is 1. The van der Waals surface area contributed by atoms with Crippen molar-refractivity contribution >= 4 is 5.91 Å². The van der Waals surface area contributed by atoms with Crippen molar-refractivity contribution in [2.24, 2.45) is 0 Å². The van der Waals surface area contributed by atoms with Gasteiger partial charge in [0.05, 0.1) is 6.04 Å². The fraction of sp³-hybridized carbons (Fsp3) is 0.929. The first-order valence-corrected chi connectivity index (χ1v) is 7.34. The molecule has 0 bridgehead atoms. The minimum atomic E-state index is -0.0690. The van der Waals surface area contributed by atoms with Crippen molar-refractivity contribution in [2.75, 3.05) is 40.8 Å². The molecule has 5 heteroatoms. The molecule has 2 unspecified atom stereocenters. The predicted molar refractivity (Wildman–Crippen MR) is 77.2 cm³/mol. The van der Waals surface area contributed by atoms with Crippen molar-refractivity contribution in [3.8, 4) is 0 Å². The molecule has 1 amide bonds. The van der Waals surface area contributed by atoms with Crippen molar-refractivity contribution in [3.05, 3.63) is 0 Å². The lowest BCUT2D eigenvalue weighted by Crippen LogP contribution is -2.62. The molecule has 19 heavy (non-hydrogen) atoms. The summed E-state index contributed by atoms with van der Waals surface area (Å²) in [6.07, 6.45) is 3.68. The van der Waals surface area contributed by atoms with E-state index in [9.17, 15) is 4.79 Å². The molecule has 2 atom stereocenters. The highest BCUT2D eigenvalue weighted by Crippen LogP contribution is 2.36. The zero-order valence-corrected chi connectivity index (χ0v) is 12.7. The van der Waals surface area contributed by atoms with Crippen molar-refractivity contribution in [3.63, 3.8) is 0 Å². The molecule has 1 saturated carbocycles. The monoisotopic (exact) mass is 268 g/mol. The summed E-state index contributed by atoms with van der Waals surface area (Å²) in [6, 6.07) is 0.384. The van der Waals surface area contributed by atoms with Crippen LogP contribution in [-0.4, -0.2) is 74.1 Å². The van der Waals surface area contributed by atoms with E-state index in [0.29, 0.717) is 6.04 Å². The molecule has 2 N–H and O–H groups in total. The molecule has 0 aromatic carbocycles. The Morgan fingerprint density at radius 3 is 2.32 bits per heavy atom. The molecule has 2 fully saturated rings. The second kappa shape index (κ2) is 5.77. The maximum absolute atomic E-state index is 12.4. The summed E-state index contributed by atoms with van der Waals surface area (Å²) >= 11 is 0. The van der Waals surface area contributed by atoms with E-state index >= 15 is 0 Å². The molecule has 110 valence electrons. The van der Waals surface area contributed by atoms with Crippen LogP contribution in [0.2, 0.25) is 0 Å². The van der Waals surface area contributed by atoms with E-state index in [1.807, 2.05) is 11.9 Å². The lowest BCUT2D eigenvalue weighted by Gasteiger charge is -2.49. The van der Waals surface area contributed by atoms with Gasteiger partial charge in [-0.3, -0.25) is 4.79 Å². The number of rotatable bonds is 4. The van der Waals surface area contributed by atoms with Crippen molar-refractivity contribution < 1.29 is 4.79 Å². The van der Waals surface area contributed by atoms with Gasteiger partial charge in [0, 0.05) is 38.3 Å². The highest BCUT2D eigenvalue weighted by molar-refractivity contribution is 5.82. The molecule has 1 saturated heterocycles. The third-order valence-corrected chi connectivity index (χ3v) is 4.78. The smallest absolute Gasteiger partial charge is 0.240 e. The molecular formula is C14H28N4O. The number of nitrogens with one attached hydrogen (secondary N) is 2. The summed E-state index contributed by atoms with van der Waals surface area (Å²) < 4.78 is 0. The summed E-state index contributed by atoms with van der Waals surface area (Å²) in [7, 11) is 6.19. The SMILES string of the molecule is CC1CNC(C(=O)N(C)CC2(N(C)C)CCC2)CN1. The Kier molecular flexibility index (Phi) is 4.48. The van der Waals surface area contributed by atoms with E-state index in [1.165, 1.54) is 19.3 Å². The molecule has 0 spiro atoms. The number of nitrogens with zero attached hydrogens (tertiary/aromatic N) is 2. The van der Waals surface area contributed by atoms with E-state index in [0.717, 1.165) is 19.6 Å². The van der Waals surface area contributed by atoms with Gasteiger partial charge in [-0.25, -0.2) is 0 Å². The number of hydrogen-bond acceptors (Lipinski definition) is 4. The van der Waals surface area contributed by atoms with Crippen LogP contribution in [0, 0.1) is 0 Å². The Bertz CT molecular complexity index is 319. The Labute approximate surface area is 116 Å². The second-order valence-corrected chi connectivity index (χ2v) is 6.44. The lowest BCUT2D eigenvalue weighted by molar-refractivity contribution is -0.135. The summed E-state index contributed by atoms with van der Waals surface area (Å²) in [5.74, 6) is 0.215. The third kappa shape index (κ3) is 3.09. The van der Waals surface area contributed by atoms with Crippen LogP contribution >= 0.6 is 0 Å². The summed E-state index contributed by atoms with van der Waals surface area (Å²) in [6.45, 7) is 4.57. The number of carbonyl (C=O) groups excluding carboxylic acids is 1. The molecule has 0 radical (unpaired) electrons. The van der Waals surface area contributed by atoms with Gasteiger partial charge in [-0.05, 0) is 40.3 Å². The number of likely N-dealkylation sites (N-methyl/N-ethyl adjacent to an activating group) is 2. The van der Waals surface area contributed by atoms with Crippen LogP contribution in [0.1, 0.15) is 26.2 Å². The average Bonchev–Trinajstić information content (AvgIpc) is 2.33. The van der Waals surface area contributed by atoms with E-state index in [1.54, 1.807) is 0 Å². The number of piperazine rings is 1. The van der Waals surface area contributed by atoms with Crippen LogP contribution in [0.4, 0.5) is 0 Å². The number of carbonyl (C=O) groups is 1. The third-order valence-electron chi connectivity index (χ3n) is 4.78. The maximum atomic E-state index is 12.4. The largest absolute Gasteiger partial charge is 0.343 e. The standard InChI is InChI=1S/C14H28N4O/c1-11-8-16-12(9-15-11)13(19)18(4)10-14(17(2)3)6-5-7-14/h11-12,15-16H,5-10H2,1-4H3. The molecule has 0 aromatic heterocycles. The van der Waals surface area contributed by atoms with Crippen molar-refractivity contribution in [2.45, 2.75) is 43.8 Å². The quantitative estimate of drug-likeness (QED) is 0.746. The Balaban J connectivity index is 1.88. The lowest BCUT2D eigenvalue weighted by atomic mass is 9.75. The zero-order valence-electron chi connectivity index (χ0n) is 12.7. The Hall–Kier alpha value is -0.650. The van der Waals surface area contributed by atoms with Crippen molar-refractivity contribution in [1.82, 2.24) is 20.4 Å². The van der Waals surface area contributed by atoms with Gasteiger partial charge in [-0.1, -0.05) is 0 Å². The molecule has 1 aliphatic carbocycles. The fourth-order valence-corrected chi connectivity index (χ4v) is 3.07. The molecule has 2 rings (SSSR count). The minimum absolute atomic E-state index is 0.0690. The van der Waals surface area contributed by atoms with E-state index in [4.69, 9.17) is 0 Å². The van der Waals surface area contributed by atoms with Crippen molar-refractivity contribution in [1.29, 1.82) is 0 Å². The molecule has 2 aliphatic rings. The van der Waals surface area contributed by atoms with Gasteiger partial charge in [0.2, 0.25) is 5.91 Å². The first kappa shape index (κ1) is 14.8. The van der Waals surface area contributed by atoms with Gasteiger partial charge in [-0.2, -0.15) is 0 Å². The summed E-state index contributed by atoms with van der Waals surface area (Å²) in [5.41, 5.74) is 0.208. The molecule has 1 heterocycles. The first-order valence-electron chi connectivity index (χ1n) is 7.34. The zero-order chi connectivity index (χ0) is 14.0. The molecule has 0 aromatic rings. The Morgan fingerprint density at radius 1 is 1.21 bits per heavy atom. The van der Waals surface area contributed by atoms with Gasteiger partial charge >= 0.3 is 0 Å². The topological polar surface area (TPSA) is 47.6 Å². The van der Waals surface area contributed by atoms with Crippen LogP contribution in [-0.2, 0) is 4.79 Å². The van der Waals surface area contributed by atoms with Crippen LogP contribution in [0.5, 0.6) is 0 Å². The summed E-state index contributed by atoms with van der Waals surface area (Å²) in [5, 5.41) is 6.69.